The summed E-state index contributed by atoms with van der Waals surface area (Å²) >= 11 is 0. The number of nitrogens with one attached hydrogen (secondary N) is 1. The number of carbonyl (C=O) groups excluding carboxylic acids is 1. The lowest BCUT2D eigenvalue weighted by atomic mass is 9.98. The Morgan fingerprint density at radius 1 is 0.976 bits per heavy atom. The number of benzene rings is 4. The third kappa shape index (κ3) is 4.57. The highest BCUT2D eigenvalue weighted by molar-refractivity contribution is 7.92. The molecule has 1 amide bonds. The number of furan rings is 1. The van der Waals surface area contributed by atoms with Crippen molar-refractivity contribution in [1.82, 2.24) is 14.9 Å². The van der Waals surface area contributed by atoms with E-state index in [9.17, 15) is 22.0 Å². The molecule has 6 aromatic rings. The van der Waals surface area contributed by atoms with Crippen molar-refractivity contribution >= 4 is 43.6 Å². The van der Waals surface area contributed by atoms with Crippen LogP contribution in [0, 0.1) is 11.6 Å². The second kappa shape index (κ2) is 10.1. The molecule has 0 fully saturated rings. The number of halogens is 2. The molecule has 4 aromatic carbocycles. The summed E-state index contributed by atoms with van der Waals surface area (Å²) in [6.07, 6.45) is 2.60. The minimum absolute atomic E-state index is 0.211. The van der Waals surface area contributed by atoms with Gasteiger partial charge in [0.25, 0.3) is 5.91 Å². The number of aromatic nitrogens is 2. The zero-order valence-electron chi connectivity index (χ0n) is 22.7. The molecule has 0 aliphatic rings. The highest BCUT2D eigenvalue weighted by atomic mass is 32.2. The smallest absolute Gasteiger partial charge is 0.255 e. The summed E-state index contributed by atoms with van der Waals surface area (Å²) in [5.74, 6) is -1.09. The lowest BCUT2D eigenvalue weighted by Crippen LogP contribution is -2.25. The van der Waals surface area contributed by atoms with E-state index in [1.807, 2.05) is 0 Å². The molecule has 0 saturated carbocycles. The van der Waals surface area contributed by atoms with Crippen molar-refractivity contribution in [2.45, 2.75) is 0 Å². The van der Waals surface area contributed by atoms with Crippen LogP contribution in [0.4, 0.5) is 14.5 Å². The number of nitrogens with zero attached hydrogens (tertiary/aromatic N) is 3. The zero-order chi connectivity index (χ0) is 29.8. The summed E-state index contributed by atoms with van der Waals surface area (Å²) in [5, 5.41) is 3.05. The third-order valence-corrected chi connectivity index (χ3v) is 8.37. The van der Waals surface area contributed by atoms with Gasteiger partial charge in [-0.25, -0.2) is 22.2 Å². The molecule has 0 bridgehead atoms. The van der Waals surface area contributed by atoms with Gasteiger partial charge in [0.05, 0.1) is 34.2 Å². The van der Waals surface area contributed by atoms with Gasteiger partial charge in [0.15, 0.2) is 0 Å². The molecule has 0 atom stereocenters. The maximum atomic E-state index is 14.7. The first kappa shape index (κ1) is 27.2. The molecule has 1 N–H and O–H groups in total. The van der Waals surface area contributed by atoms with E-state index < -0.39 is 27.6 Å². The maximum Gasteiger partial charge on any atom is 0.255 e. The average molecular weight is 587 g/mol. The van der Waals surface area contributed by atoms with E-state index in [1.54, 1.807) is 53.1 Å². The lowest BCUT2D eigenvalue weighted by molar-refractivity contribution is 0.0964. The van der Waals surface area contributed by atoms with Crippen molar-refractivity contribution in [3.05, 3.63) is 102 Å². The molecule has 0 radical (unpaired) electrons. The monoisotopic (exact) mass is 586 g/mol. The Hall–Kier alpha value is -5.03. The van der Waals surface area contributed by atoms with Crippen LogP contribution in [0.1, 0.15) is 10.4 Å². The summed E-state index contributed by atoms with van der Waals surface area (Å²) in [6.45, 7) is 0. The first-order chi connectivity index (χ1) is 20.1. The number of fused-ring (bicyclic) bond motifs is 2. The number of hydrogen-bond donors (Lipinski definition) is 1. The van der Waals surface area contributed by atoms with E-state index in [0.717, 1.165) is 10.6 Å². The van der Waals surface area contributed by atoms with Crippen molar-refractivity contribution in [3.8, 4) is 28.1 Å². The summed E-state index contributed by atoms with van der Waals surface area (Å²) in [5.41, 5.74) is 3.83. The largest absolute Gasteiger partial charge is 0.455 e. The van der Waals surface area contributed by atoms with Gasteiger partial charge in [-0.2, -0.15) is 0 Å². The number of imidazole rings is 1. The van der Waals surface area contributed by atoms with Crippen molar-refractivity contribution in [1.29, 1.82) is 0 Å². The number of amides is 1. The van der Waals surface area contributed by atoms with E-state index in [-0.39, 0.29) is 16.9 Å². The van der Waals surface area contributed by atoms with E-state index >= 15 is 0 Å². The minimum atomic E-state index is -3.72. The molecule has 0 spiro atoms. The van der Waals surface area contributed by atoms with Crippen molar-refractivity contribution in [3.63, 3.8) is 0 Å². The number of sulfonamides is 1. The van der Waals surface area contributed by atoms with Crippen molar-refractivity contribution in [2.24, 2.45) is 0 Å². The fraction of sp³-hybridized carbons (Fsp3) is 0.0968. The Bertz CT molecular complexity index is 2120. The first-order valence-electron chi connectivity index (χ1n) is 12.8. The topological polar surface area (TPSA) is 97.4 Å². The highest BCUT2D eigenvalue weighted by Crippen LogP contribution is 2.42. The van der Waals surface area contributed by atoms with E-state index in [1.165, 1.54) is 50.8 Å². The SMILES string of the molecule is CNC(=O)c1c(-c2ccc(F)cc2)oc2cc(N(C)S(C)(=O)=O)c(-c3ccc4ncn(-c5ccccc5F)c4c3)cc12. The van der Waals surface area contributed by atoms with Gasteiger partial charge in [-0.15, -0.1) is 0 Å². The van der Waals surface area contributed by atoms with Gasteiger partial charge in [0, 0.05) is 36.7 Å². The predicted octanol–water partition coefficient (Wildman–Crippen LogP) is 6.14. The third-order valence-electron chi connectivity index (χ3n) is 7.17. The van der Waals surface area contributed by atoms with Crippen LogP contribution in [0.3, 0.4) is 0 Å². The molecule has 0 aliphatic carbocycles. The van der Waals surface area contributed by atoms with Crippen LogP contribution >= 0.6 is 0 Å². The Balaban J connectivity index is 1.65. The van der Waals surface area contributed by atoms with Crippen LogP contribution in [0.15, 0.2) is 89.6 Å². The standard InChI is InChI=1S/C31H24F2N4O4S/c1-34-31(38)29-22-15-21(19-10-13-24-27(14-19)37(17-35-24)25-7-5-4-6-23(25)33)26(36(2)42(3,39)40)16-28(22)41-30(29)18-8-11-20(32)12-9-18/h4-17H,1-3H3,(H,34,38). The molecule has 6 rings (SSSR count). The Morgan fingerprint density at radius 3 is 2.38 bits per heavy atom. The lowest BCUT2D eigenvalue weighted by Gasteiger charge is -2.21. The molecular weight excluding hydrogens is 562 g/mol. The van der Waals surface area contributed by atoms with E-state index in [2.05, 4.69) is 10.3 Å². The summed E-state index contributed by atoms with van der Waals surface area (Å²) in [6, 6.07) is 20.4. The number of para-hydroxylation sites is 1. The first-order valence-corrected chi connectivity index (χ1v) is 14.7. The Kier molecular flexibility index (Phi) is 6.53. The zero-order valence-corrected chi connectivity index (χ0v) is 23.5. The summed E-state index contributed by atoms with van der Waals surface area (Å²) in [4.78, 5) is 17.6. The van der Waals surface area contributed by atoms with Crippen molar-refractivity contribution < 1.29 is 26.4 Å². The number of hydrogen-bond acceptors (Lipinski definition) is 5. The molecular formula is C31H24F2N4O4S. The number of rotatable bonds is 6. The summed E-state index contributed by atoms with van der Waals surface area (Å²) in [7, 11) is -0.813. The quantitative estimate of drug-likeness (QED) is 0.253. The van der Waals surface area contributed by atoms with Crippen LogP contribution in [-0.4, -0.2) is 44.2 Å². The van der Waals surface area contributed by atoms with E-state index in [4.69, 9.17) is 4.42 Å². The molecule has 8 nitrogen and oxygen atoms in total. The van der Waals surface area contributed by atoms with Crippen LogP contribution in [-0.2, 0) is 10.0 Å². The van der Waals surface area contributed by atoms with Gasteiger partial charge in [0.1, 0.15) is 29.3 Å². The van der Waals surface area contributed by atoms with Crippen LogP contribution in [0.25, 0.3) is 50.1 Å². The Morgan fingerprint density at radius 2 is 1.69 bits per heavy atom. The fourth-order valence-electron chi connectivity index (χ4n) is 4.97. The molecule has 212 valence electrons. The van der Waals surface area contributed by atoms with Gasteiger partial charge < -0.3 is 9.73 Å². The molecule has 42 heavy (non-hydrogen) atoms. The maximum absolute atomic E-state index is 14.7. The average Bonchev–Trinajstić information content (AvgIpc) is 3.57. The normalized spacial score (nSPS) is 11.7. The molecule has 0 saturated heterocycles. The van der Waals surface area contributed by atoms with Crippen LogP contribution in [0.2, 0.25) is 0 Å². The van der Waals surface area contributed by atoms with Crippen LogP contribution < -0.4 is 9.62 Å². The Labute approximate surface area is 239 Å². The van der Waals surface area contributed by atoms with Crippen LogP contribution in [0.5, 0.6) is 0 Å². The molecule has 2 aromatic heterocycles. The fourth-order valence-corrected chi connectivity index (χ4v) is 5.48. The van der Waals surface area contributed by atoms with Gasteiger partial charge in [0.2, 0.25) is 10.0 Å². The molecule has 0 unspecified atom stereocenters. The van der Waals surface area contributed by atoms with Gasteiger partial charge >= 0.3 is 0 Å². The predicted molar refractivity (Wildman–Crippen MR) is 158 cm³/mol. The number of anilines is 1. The van der Waals surface area contributed by atoms with Crippen molar-refractivity contribution in [2.75, 3.05) is 24.7 Å². The minimum Gasteiger partial charge on any atom is -0.455 e. The number of carbonyl (C=O) groups is 1. The molecule has 11 heteroatoms. The highest BCUT2D eigenvalue weighted by Gasteiger charge is 2.26. The van der Waals surface area contributed by atoms with E-state index in [0.29, 0.717) is 44.5 Å². The van der Waals surface area contributed by atoms with Gasteiger partial charge in [-0.05, 0) is 60.2 Å². The van der Waals surface area contributed by atoms with Gasteiger partial charge in [-0.1, -0.05) is 18.2 Å². The molecule has 0 aliphatic heterocycles. The van der Waals surface area contributed by atoms with Gasteiger partial charge in [-0.3, -0.25) is 13.7 Å². The summed E-state index contributed by atoms with van der Waals surface area (Å²) < 4.78 is 62.7. The molecule has 2 heterocycles. The second-order valence-corrected chi connectivity index (χ2v) is 11.8. The second-order valence-electron chi connectivity index (χ2n) is 9.76.